The van der Waals surface area contributed by atoms with Gasteiger partial charge in [-0.25, -0.2) is 4.98 Å². The lowest BCUT2D eigenvalue weighted by molar-refractivity contribution is 0.0834. The molecule has 1 amide bonds. The van der Waals surface area contributed by atoms with Crippen molar-refractivity contribution in [1.82, 2.24) is 20.2 Å². The second-order valence-electron chi connectivity index (χ2n) is 4.86. The number of fused-ring (bicyclic) bond motifs is 1. The van der Waals surface area contributed by atoms with Gasteiger partial charge in [0.15, 0.2) is 0 Å². The lowest BCUT2D eigenvalue weighted by Crippen LogP contribution is -2.29. The number of carbonyl (C=O) groups is 1. The van der Waals surface area contributed by atoms with Crippen LogP contribution in [-0.2, 0) is 17.8 Å². The van der Waals surface area contributed by atoms with Gasteiger partial charge in [0, 0.05) is 37.8 Å². The minimum atomic E-state index is -0.157. The van der Waals surface area contributed by atoms with E-state index in [1.807, 2.05) is 28.3 Å². The van der Waals surface area contributed by atoms with Crippen LogP contribution in [-0.4, -0.2) is 35.7 Å². The normalized spacial score (nSPS) is 15.5. The Kier molecular flexibility index (Phi) is 4.33. The summed E-state index contributed by atoms with van der Waals surface area (Å²) in [4.78, 5) is 17.7. The second kappa shape index (κ2) is 6.38. The predicted octanol–water partition coefficient (Wildman–Crippen LogP) is 1.17. The molecule has 1 aliphatic rings. The Morgan fingerprint density at radius 2 is 2.57 bits per heavy atom. The maximum Gasteiger partial charge on any atom is 0.271 e. The quantitative estimate of drug-likeness (QED) is 0.870. The first-order valence-corrected chi connectivity index (χ1v) is 7.77. The molecule has 0 unspecified atom stereocenters. The number of hydrogen-bond acceptors (Lipinski definition) is 5. The van der Waals surface area contributed by atoms with E-state index in [9.17, 15) is 4.79 Å². The third-order valence-corrected chi connectivity index (χ3v) is 4.46. The number of methoxy groups -OCH3 is 1. The van der Waals surface area contributed by atoms with Gasteiger partial charge in [-0.3, -0.25) is 4.79 Å². The van der Waals surface area contributed by atoms with E-state index in [0.29, 0.717) is 18.8 Å². The van der Waals surface area contributed by atoms with Crippen LogP contribution in [0, 0.1) is 0 Å². The smallest absolute Gasteiger partial charge is 0.271 e. The van der Waals surface area contributed by atoms with Crippen LogP contribution in [0.4, 0.5) is 0 Å². The molecule has 0 aliphatic carbocycles. The van der Waals surface area contributed by atoms with Crippen LogP contribution in [0.25, 0.3) is 0 Å². The van der Waals surface area contributed by atoms with Crippen LogP contribution in [0.1, 0.15) is 27.3 Å². The molecule has 6 nitrogen and oxygen atoms in total. The molecule has 0 fully saturated rings. The van der Waals surface area contributed by atoms with Crippen LogP contribution in [0.3, 0.4) is 0 Å². The largest absolute Gasteiger partial charge is 0.374 e. The highest BCUT2D eigenvalue weighted by Crippen LogP contribution is 2.21. The highest BCUT2D eigenvalue weighted by molar-refractivity contribution is 7.10. The van der Waals surface area contributed by atoms with E-state index in [0.717, 1.165) is 23.8 Å². The molecule has 2 aromatic rings. The zero-order valence-electron chi connectivity index (χ0n) is 11.8. The molecule has 1 atom stereocenters. The van der Waals surface area contributed by atoms with E-state index in [2.05, 4.69) is 15.6 Å². The summed E-state index contributed by atoms with van der Waals surface area (Å²) >= 11 is 1.62. The molecular weight excluding hydrogens is 288 g/mol. The van der Waals surface area contributed by atoms with E-state index in [4.69, 9.17) is 4.74 Å². The van der Waals surface area contributed by atoms with Crippen LogP contribution in [0.2, 0.25) is 0 Å². The van der Waals surface area contributed by atoms with Gasteiger partial charge in [0.25, 0.3) is 5.91 Å². The molecule has 3 rings (SSSR count). The molecule has 2 N–H and O–H groups in total. The van der Waals surface area contributed by atoms with E-state index in [1.165, 1.54) is 0 Å². The number of imidazole rings is 1. The first-order chi connectivity index (χ1) is 10.3. The van der Waals surface area contributed by atoms with Gasteiger partial charge >= 0.3 is 0 Å². The summed E-state index contributed by atoms with van der Waals surface area (Å²) in [5.41, 5.74) is 0.467. The summed E-state index contributed by atoms with van der Waals surface area (Å²) in [6, 6.07) is 3.98. The Labute approximate surface area is 127 Å². The molecular formula is C14H18N4O2S. The number of carbonyl (C=O) groups excluding carboxylic acids is 1. The van der Waals surface area contributed by atoms with E-state index in [1.54, 1.807) is 18.4 Å². The monoisotopic (exact) mass is 306 g/mol. The summed E-state index contributed by atoms with van der Waals surface area (Å²) < 4.78 is 7.45. The van der Waals surface area contributed by atoms with Crippen molar-refractivity contribution in [2.24, 2.45) is 0 Å². The van der Waals surface area contributed by atoms with Crippen molar-refractivity contribution in [3.8, 4) is 0 Å². The zero-order chi connectivity index (χ0) is 14.7. The number of thiophene rings is 1. The summed E-state index contributed by atoms with van der Waals surface area (Å²) in [6.45, 7) is 2.92. The zero-order valence-corrected chi connectivity index (χ0v) is 12.7. The number of amides is 1. The van der Waals surface area contributed by atoms with Gasteiger partial charge < -0.3 is 19.9 Å². The fourth-order valence-electron chi connectivity index (χ4n) is 2.35. The molecule has 0 bridgehead atoms. The Balaban J connectivity index is 1.62. The molecule has 0 saturated heterocycles. The molecule has 0 aromatic carbocycles. The average molecular weight is 306 g/mol. The van der Waals surface area contributed by atoms with Crippen molar-refractivity contribution < 1.29 is 9.53 Å². The van der Waals surface area contributed by atoms with Gasteiger partial charge in [0.05, 0.1) is 6.54 Å². The van der Waals surface area contributed by atoms with E-state index in [-0.39, 0.29) is 12.0 Å². The van der Waals surface area contributed by atoms with Crippen molar-refractivity contribution in [1.29, 1.82) is 0 Å². The number of hydrogen-bond donors (Lipinski definition) is 2. The summed E-state index contributed by atoms with van der Waals surface area (Å²) in [6.07, 6.45) is 1.70. The fourth-order valence-corrected chi connectivity index (χ4v) is 3.15. The van der Waals surface area contributed by atoms with Gasteiger partial charge in [0.1, 0.15) is 17.6 Å². The highest BCUT2D eigenvalue weighted by atomic mass is 32.1. The van der Waals surface area contributed by atoms with Gasteiger partial charge in [0.2, 0.25) is 0 Å². The first kappa shape index (κ1) is 14.2. The van der Waals surface area contributed by atoms with Gasteiger partial charge in [-0.2, -0.15) is 0 Å². The van der Waals surface area contributed by atoms with E-state index >= 15 is 0 Å². The molecule has 0 saturated carbocycles. The Morgan fingerprint density at radius 3 is 3.29 bits per heavy atom. The summed E-state index contributed by atoms with van der Waals surface area (Å²) in [7, 11) is 1.65. The van der Waals surface area contributed by atoms with Crippen molar-refractivity contribution >= 4 is 17.2 Å². The Bertz CT molecular complexity index is 585. The second-order valence-corrected chi connectivity index (χ2v) is 5.84. The first-order valence-electron chi connectivity index (χ1n) is 6.89. The fraction of sp³-hybridized carbons (Fsp3) is 0.429. The third-order valence-electron chi connectivity index (χ3n) is 3.50. The van der Waals surface area contributed by atoms with Crippen LogP contribution in [0.15, 0.2) is 23.7 Å². The SMILES string of the molecule is CO[C@@H](CNC(=O)c1cn2c(n1)CNCC2)c1cccs1. The van der Waals surface area contributed by atoms with E-state index < -0.39 is 0 Å². The maximum atomic E-state index is 12.2. The number of nitrogens with one attached hydrogen (secondary N) is 2. The molecule has 112 valence electrons. The van der Waals surface area contributed by atoms with Crippen LogP contribution >= 0.6 is 11.3 Å². The van der Waals surface area contributed by atoms with Crippen molar-refractivity contribution in [2.45, 2.75) is 19.2 Å². The third kappa shape index (κ3) is 3.15. The molecule has 2 aromatic heterocycles. The predicted molar refractivity (Wildman–Crippen MR) is 80.3 cm³/mol. The van der Waals surface area contributed by atoms with Gasteiger partial charge in [-0.05, 0) is 11.4 Å². The van der Waals surface area contributed by atoms with Crippen LogP contribution in [0.5, 0.6) is 0 Å². The standard InChI is InChI=1S/C14H18N4O2S/c1-20-11(12-3-2-6-21-12)7-16-14(19)10-9-18-5-4-15-8-13(18)17-10/h2-3,6,9,11,15H,4-5,7-8H2,1H3,(H,16,19)/t11-/m0/s1. The number of ether oxygens (including phenoxy) is 1. The lowest BCUT2D eigenvalue weighted by atomic mass is 10.3. The molecule has 0 radical (unpaired) electrons. The topological polar surface area (TPSA) is 68.2 Å². The van der Waals surface area contributed by atoms with Crippen LogP contribution < -0.4 is 10.6 Å². The molecule has 21 heavy (non-hydrogen) atoms. The molecule has 0 spiro atoms. The minimum absolute atomic E-state index is 0.118. The number of nitrogens with zero attached hydrogens (tertiary/aromatic N) is 2. The van der Waals surface area contributed by atoms with Crippen molar-refractivity contribution in [2.75, 3.05) is 20.2 Å². The summed E-state index contributed by atoms with van der Waals surface area (Å²) in [5.74, 6) is 0.753. The lowest BCUT2D eigenvalue weighted by Gasteiger charge is -2.13. The molecule has 3 heterocycles. The number of aromatic nitrogens is 2. The van der Waals surface area contributed by atoms with Crippen molar-refractivity contribution in [3.05, 3.63) is 40.1 Å². The Hall–Kier alpha value is -1.70. The molecule has 1 aliphatic heterocycles. The minimum Gasteiger partial charge on any atom is -0.374 e. The van der Waals surface area contributed by atoms with Gasteiger partial charge in [-0.15, -0.1) is 11.3 Å². The average Bonchev–Trinajstić information content (AvgIpc) is 3.16. The maximum absolute atomic E-state index is 12.2. The Morgan fingerprint density at radius 1 is 1.67 bits per heavy atom. The van der Waals surface area contributed by atoms with Gasteiger partial charge in [-0.1, -0.05) is 6.07 Å². The molecule has 7 heteroatoms. The number of rotatable bonds is 5. The highest BCUT2D eigenvalue weighted by Gasteiger charge is 2.18. The summed E-state index contributed by atoms with van der Waals surface area (Å²) in [5, 5.41) is 8.13. The van der Waals surface area contributed by atoms with Crippen molar-refractivity contribution in [3.63, 3.8) is 0 Å².